The summed E-state index contributed by atoms with van der Waals surface area (Å²) in [5, 5.41) is 9.18. The maximum absolute atomic E-state index is 9.18. The van der Waals surface area contributed by atoms with Crippen LogP contribution in [-0.4, -0.2) is 5.11 Å². The van der Waals surface area contributed by atoms with Crippen molar-refractivity contribution in [1.29, 1.82) is 0 Å². The molecule has 0 aliphatic rings. The lowest BCUT2D eigenvalue weighted by atomic mass is 10.2. The summed E-state index contributed by atoms with van der Waals surface area (Å²) in [7, 11) is 0. The predicted octanol–water partition coefficient (Wildman–Crippen LogP) is 1.54. The Bertz CT molecular complexity index is 252. The van der Waals surface area contributed by atoms with Gasteiger partial charge in [-0.15, -0.1) is 0 Å². The van der Waals surface area contributed by atoms with Gasteiger partial charge in [-0.25, -0.2) is 5.90 Å². The van der Waals surface area contributed by atoms with Gasteiger partial charge in [-0.1, -0.05) is 12.1 Å². The number of halogens is 1. The van der Waals surface area contributed by atoms with Crippen molar-refractivity contribution in [1.82, 2.24) is 0 Å². The molecule has 3 N–H and O–H groups in total. The standard InChI is InChI=1S/C7H8BrNO2/c8-7-5(4-11-9)2-1-3-6(7)10/h1-3,10H,4,9H2. The second-order valence-corrected chi connectivity index (χ2v) is 2.85. The Morgan fingerprint density at radius 1 is 1.55 bits per heavy atom. The van der Waals surface area contributed by atoms with E-state index in [-0.39, 0.29) is 12.4 Å². The molecule has 0 aliphatic heterocycles. The van der Waals surface area contributed by atoms with Gasteiger partial charge in [0.25, 0.3) is 0 Å². The van der Waals surface area contributed by atoms with Gasteiger partial charge in [0.2, 0.25) is 0 Å². The normalized spacial score (nSPS) is 10.0. The molecule has 1 rings (SSSR count). The molecule has 60 valence electrons. The van der Waals surface area contributed by atoms with E-state index in [0.717, 1.165) is 5.56 Å². The number of benzene rings is 1. The molecule has 0 saturated heterocycles. The van der Waals surface area contributed by atoms with Crippen molar-refractivity contribution in [2.24, 2.45) is 5.90 Å². The number of aromatic hydroxyl groups is 1. The number of rotatable bonds is 2. The summed E-state index contributed by atoms with van der Waals surface area (Å²) in [5.74, 6) is 5.07. The van der Waals surface area contributed by atoms with Gasteiger partial charge >= 0.3 is 0 Å². The summed E-state index contributed by atoms with van der Waals surface area (Å²) in [4.78, 5) is 4.42. The number of phenols is 1. The fourth-order valence-corrected chi connectivity index (χ4v) is 1.15. The highest BCUT2D eigenvalue weighted by Crippen LogP contribution is 2.27. The fourth-order valence-electron chi connectivity index (χ4n) is 0.767. The molecule has 11 heavy (non-hydrogen) atoms. The van der Waals surface area contributed by atoms with Crippen molar-refractivity contribution in [3.63, 3.8) is 0 Å². The zero-order valence-electron chi connectivity index (χ0n) is 5.75. The van der Waals surface area contributed by atoms with E-state index in [0.29, 0.717) is 4.47 Å². The van der Waals surface area contributed by atoms with Crippen molar-refractivity contribution in [2.75, 3.05) is 0 Å². The van der Waals surface area contributed by atoms with Crippen molar-refractivity contribution < 1.29 is 9.94 Å². The molecule has 0 heterocycles. The molecule has 0 amide bonds. The number of hydrogen-bond donors (Lipinski definition) is 2. The summed E-state index contributed by atoms with van der Waals surface area (Å²) < 4.78 is 0.630. The smallest absolute Gasteiger partial charge is 0.130 e. The third-order valence-corrected chi connectivity index (χ3v) is 2.21. The van der Waals surface area contributed by atoms with Crippen LogP contribution in [0.15, 0.2) is 22.7 Å². The molecule has 3 nitrogen and oxygen atoms in total. The number of phenolic OH excluding ortho intramolecular Hbond substituents is 1. The van der Waals surface area contributed by atoms with Gasteiger partial charge in [0.15, 0.2) is 0 Å². The SMILES string of the molecule is NOCc1cccc(O)c1Br. The van der Waals surface area contributed by atoms with Gasteiger partial charge in [0, 0.05) is 0 Å². The van der Waals surface area contributed by atoms with E-state index in [9.17, 15) is 5.11 Å². The highest BCUT2D eigenvalue weighted by atomic mass is 79.9. The first-order valence-corrected chi connectivity index (χ1v) is 3.83. The van der Waals surface area contributed by atoms with Gasteiger partial charge in [-0.05, 0) is 27.6 Å². The van der Waals surface area contributed by atoms with Crippen molar-refractivity contribution in [2.45, 2.75) is 6.61 Å². The van der Waals surface area contributed by atoms with E-state index >= 15 is 0 Å². The minimum Gasteiger partial charge on any atom is -0.507 e. The van der Waals surface area contributed by atoms with E-state index in [1.165, 1.54) is 0 Å². The largest absolute Gasteiger partial charge is 0.507 e. The highest BCUT2D eigenvalue weighted by Gasteiger charge is 2.02. The third kappa shape index (κ3) is 1.92. The van der Waals surface area contributed by atoms with Crippen LogP contribution in [-0.2, 0) is 11.4 Å². The monoisotopic (exact) mass is 217 g/mol. The average Bonchev–Trinajstić information content (AvgIpc) is 1.99. The lowest BCUT2D eigenvalue weighted by Gasteiger charge is -2.03. The molecule has 4 heteroatoms. The summed E-state index contributed by atoms with van der Waals surface area (Å²) in [6.45, 7) is 0.287. The van der Waals surface area contributed by atoms with Crippen LogP contribution in [0.25, 0.3) is 0 Å². The second-order valence-electron chi connectivity index (χ2n) is 2.06. The molecule has 0 aliphatic carbocycles. The summed E-state index contributed by atoms with van der Waals surface area (Å²) in [6.07, 6.45) is 0. The minimum absolute atomic E-state index is 0.194. The van der Waals surface area contributed by atoms with Crippen LogP contribution in [0.1, 0.15) is 5.56 Å². The minimum atomic E-state index is 0.194. The average molecular weight is 218 g/mol. The quantitative estimate of drug-likeness (QED) is 0.740. The summed E-state index contributed by atoms with van der Waals surface area (Å²) >= 11 is 3.20. The molecular weight excluding hydrogens is 210 g/mol. The predicted molar refractivity (Wildman–Crippen MR) is 44.8 cm³/mol. The topological polar surface area (TPSA) is 55.5 Å². The Hall–Kier alpha value is -0.580. The Balaban J connectivity index is 2.96. The third-order valence-electron chi connectivity index (χ3n) is 1.30. The first-order chi connectivity index (χ1) is 5.25. The number of nitrogens with two attached hydrogens (primary N) is 1. The lowest BCUT2D eigenvalue weighted by molar-refractivity contribution is 0.123. The van der Waals surface area contributed by atoms with Crippen molar-refractivity contribution >= 4 is 15.9 Å². The first-order valence-electron chi connectivity index (χ1n) is 3.03. The van der Waals surface area contributed by atoms with Crippen LogP contribution >= 0.6 is 15.9 Å². The molecular formula is C7H8BrNO2. The maximum atomic E-state index is 9.18. The molecule has 0 fully saturated rings. The van der Waals surface area contributed by atoms with Crippen LogP contribution < -0.4 is 5.90 Å². The Morgan fingerprint density at radius 3 is 2.91 bits per heavy atom. The van der Waals surface area contributed by atoms with Gasteiger partial charge < -0.3 is 5.11 Å². The van der Waals surface area contributed by atoms with Crippen molar-refractivity contribution in [3.8, 4) is 5.75 Å². The first kappa shape index (κ1) is 8.52. The molecule has 1 aromatic rings. The summed E-state index contributed by atoms with van der Waals surface area (Å²) in [6, 6.07) is 5.13. The van der Waals surface area contributed by atoms with E-state index in [4.69, 9.17) is 5.90 Å². The molecule has 0 bridgehead atoms. The van der Waals surface area contributed by atoms with Crippen LogP contribution in [0.3, 0.4) is 0 Å². The summed E-state index contributed by atoms with van der Waals surface area (Å²) in [5.41, 5.74) is 0.826. The van der Waals surface area contributed by atoms with Gasteiger partial charge in [0.05, 0.1) is 11.1 Å². The Labute approximate surface area is 72.9 Å². The molecule has 1 aromatic carbocycles. The highest BCUT2D eigenvalue weighted by molar-refractivity contribution is 9.10. The zero-order chi connectivity index (χ0) is 8.27. The van der Waals surface area contributed by atoms with Gasteiger partial charge in [-0.2, -0.15) is 0 Å². The lowest BCUT2D eigenvalue weighted by Crippen LogP contribution is -1.99. The van der Waals surface area contributed by atoms with E-state index in [1.54, 1.807) is 12.1 Å². The molecule has 0 spiro atoms. The van der Waals surface area contributed by atoms with Crippen LogP contribution in [0, 0.1) is 0 Å². The number of hydrogen-bond acceptors (Lipinski definition) is 3. The molecule has 0 aromatic heterocycles. The van der Waals surface area contributed by atoms with Crippen molar-refractivity contribution in [3.05, 3.63) is 28.2 Å². The zero-order valence-corrected chi connectivity index (χ0v) is 7.34. The van der Waals surface area contributed by atoms with Crippen LogP contribution in [0.5, 0.6) is 5.75 Å². The fraction of sp³-hybridized carbons (Fsp3) is 0.143. The molecule has 0 atom stereocenters. The van der Waals surface area contributed by atoms with Crippen LogP contribution in [0.4, 0.5) is 0 Å². The Morgan fingerprint density at radius 2 is 2.27 bits per heavy atom. The maximum Gasteiger partial charge on any atom is 0.130 e. The molecule has 0 unspecified atom stereocenters. The van der Waals surface area contributed by atoms with Gasteiger partial charge in [-0.3, -0.25) is 4.84 Å². The van der Waals surface area contributed by atoms with E-state index in [1.807, 2.05) is 6.07 Å². The molecule has 0 radical (unpaired) electrons. The Kier molecular flexibility index (Phi) is 2.87. The van der Waals surface area contributed by atoms with E-state index < -0.39 is 0 Å². The molecule has 0 saturated carbocycles. The van der Waals surface area contributed by atoms with Gasteiger partial charge in [0.1, 0.15) is 5.75 Å². The second kappa shape index (κ2) is 3.71. The van der Waals surface area contributed by atoms with E-state index in [2.05, 4.69) is 20.8 Å². The van der Waals surface area contributed by atoms with Crippen LogP contribution in [0.2, 0.25) is 0 Å².